The summed E-state index contributed by atoms with van der Waals surface area (Å²) in [5.41, 5.74) is 2.53. The summed E-state index contributed by atoms with van der Waals surface area (Å²) >= 11 is 5.92. The van der Waals surface area contributed by atoms with Crippen molar-refractivity contribution in [3.63, 3.8) is 0 Å². The molecule has 0 radical (unpaired) electrons. The predicted molar refractivity (Wildman–Crippen MR) is 130 cm³/mol. The molecular formula is C25H27ClN2O3S. The van der Waals surface area contributed by atoms with E-state index in [2.05, 4.69) is 5.32 Å². The van der Waals surface area contributed by atoms with Crippen LogP contribution in [0.3, 0.4) is 0 Å². The lowest BCUT2D eigenvalue weighted by molar-refractivity contribution is -0.120. The van der Waals surface area contributed by atoms with Crippen LogP contribution in [0.5, 0.6) is 0 Å². The number of hydrogen-bond donors (Lipinski definition) is 1. The zero-order chi connectivity index (χ0) is 23.1. The predicted octanol–water partition coefficient (Wildman–Crippen LogP) is 4.98. The highest BCUT2D eigenvalue weighted by Crippen LogP contribution is 2.25. The smallest absolute Gasteiger partial charge is 0.264 e. The standard InChI is InChI=1S/C25H27ClN2O3S/c1-19-7-6-10-23(17-19)28(32(30,31)24-15-13-22(26)14-16-24)18-25(29)27-20(2)11-12-21-8-4-3-5-9-21/h3-10,13-17,20H,11-12,18H2,1-2H3,(H,27,29)/t20-/m0/s1. The van der Waals surface area contributed by atoms with E-state index in [9.17, 15) is 13.2 Å². The largest absolute Gasteiger partial charge is 0.352 e. The summed E-state index contributed by atoms with van der Waals surface area (Å²) in [6.07, 6.45) is 1.58. The Morgan fingerprint density at radius 2 is 1.69 bits per heavy atom. The van der Waals surface area contributed by atoms with Crippen molar-refractivity contribution in [2.75, 3.05) is 10.8 Å². The molecular weight excluding hydrogens is 444 g/mol. The normalized spacial score (nSPS) is 12.2. The lowest BCUT2D eigenvalue weighted by Crippen LogP contribution is -2.43. The van der Waals surface area contributed by atoms with Crippen LogP contribution in [0.15, 0.2) is 83.8 Å². The number of aryl methyl sites for hydroxylation is 2. The van der Waals surface area contributed by atoms with Gasteiger partial charge in [0.1, 0.15) is 6.54 Å². The van der Waals surface area contributed by atoms with Crippen molar-refractivity contribution in [3.8, 4) is 0 Å². The van der Waals surface area contributed by atoms with Crippen molar-refractivity contribution in [2.45, 2.75) is 37.6 Å². The second-order valence-corrected chi connectivity index (χ2v) is 10.1. The number of carbonyl (C=O) groups excluding carboxylic acids is 1. The summed E-state index contributed by atoms with van der Waals surface area (Å²) in [5, 5.41) is 3.37. The van der Waals surface area contributed by atoms with Crippen LogP contribution in [0.1, 0.15) is 24.5 Å². The Labute approximate surface area is 195 Å². The van der Waals surface area contributed by atoms with Gasteiger partial charge in [0.05, 0.1) is 10.6 Å². The second-order valence-electron chi connectivity index (χ2n) is 7.80. The van der Waals surface area contributed by atoms with Gasteiger partial charge in [0, 0.05) is 11.1 Å². The molecule has 0 aliphatic heterocycles. The van der Waals surface area contributed by atoms with Crippen LogP contribution in [0, 0.1) is 6.92 Å². The Bertz CT molecular complexity index is 1150. The first-order valence-electron chi connectivity index (χ1n) is 10.4. The number of carbonyl (C=O) groups is 1. The number of amides is 1. The lowest BCUT2D eigenvalue weighted by atomic mass is 10.1. The van der Waals surface area contributed by atoms with Gasteiger partial charge in [-0.25, -0.2) is 8.42 Å². The molecule has 0 spiro atoms. The molecule has 0 saturated carbocycles. The number of halogens is 1. The van der Waals surface area contributed by atoms with Crippen molar-refractivity contribution in [1.82, 2.24) is 5.32 Å². The van der Waals surface area contributed by atoms with Crippen LogP contribution in [-0.2, 0) is 21.2 Å². The van der Waals surface area contributed by atoms with Crippen molar-refractivity contribution < 1.29 is 13.2 Å². The van der Waals surface area contributed by atoms with Gasteiger partial charge in [0.25, 0.3) is 10.0 Å². The first-order valence-corrected chi connectivity index (χ1v) is 12.3. The molecule has 1 atom stereocenters. The Kier molecular flexibility index (Phi) is 7.94. The van der Waals surface area contributed by atoms with Crippen molar-refractivity contribution in [2.24, 2.45) is 0 Å². The Balaban J connectivity index is 1.76. The Morgan fingerprint density at radius 1 is 1.00 bits per heavy atom. The quantitative estimate of drug-likeness (QED) is 0.479. The van der Waals surface area contributed by atoms with Crippen molar-refractivity contribution in [3.05, 3.63) is 95.0 Å². The van der Waals surface area contributed by atoms with Gasteiger partial charge in [-0.05, 0) is 74.2 Å². The van der Waals surface area contributed by atoms with E-state index in [0.29, 0.717) is 10.7 Å². The van der Waals surface area contributed by atoms with Gasteiger partial charge in [-0.2, -0.15) is 0 Å². The van der Waals surface area contributed by atoms with E-state index in [1.807, 2.05) is 50.2 Å². The van der Waals surface area contributed by atoms with Gasteiger partial charge in [-0.1, -0.05) is 54.1 Å². The van der Waals surface area contributed by atoms with E-state index in [1.165, 1.54) is 29.8 Å². The topological polar surface area (TPSA) is 66.5 Å². The van der Waals surface area contributed by atoms with Crippen LogP contribution in [0.25, 0.3) is 0 Å². The van der Waals surface area contributed by atoms with Gasteiger partial charge in [0.15, 0.2) is 0 Å². The molecule has 1 N–H and O–H groups in total. The fourth-order valence-electron chi connectivity index (χ4n) is 3.38. The van der Waals surface area contributed by atoms with Crippen LogP contribution >= 0.6 is 11.6 Å². The number of hydrogen-bond acceptors (Lipinski definition) is 3. The second kappa shape index (κ2) is 10.7. The fraction of sp³-hybridized carbons (Fsp3) is 0.240. The highest BCUT2D eigenvalue weighted by Gasteiger charge is 2.27. The van der Waals surface area contributed by atoms with Gasteiger partial charge in [-0.3, -0.25) is 9.10 Å². The molecule has 5 nitrogen and oxygen atoms in total. The molecule has 0 aliphatic rings. The third-order valence-electron chi connectivity index (χ3n) is 5.09. The monoisotopic (exact) mass is 470 g/mol. The fourth-order valence-corrected chi connectivity index (χ4v) is 4.92. The molecule has 0 aromatic heterocycles. The summed E-state index contributed by atoms with van der Waals surface area (Å²) in [4.78, 5) is 12.9. The third kappa shape index (κ3) is 6.34. The molecule has 168 valence electrons. The molecule has 3 aromatic rings. The molecule has 1 amide bonds. The summed E-state index contributed by atoms with van der Waals surface area (Å²) < 4.78 is 27.9. The summed E-state index contributed by atoms with van der Waals surface area (Å²) in [6, 6.07) is 23.0. The highest BCUT2D eigenvalue weighted by atomic mass is 35.5. The first-order chi connectivity index (χ1) is 15.3. The minimum absolute atomic E-state index is 0.0772. The molecule has 0 fully saturated rings. The van der Waals surface area contributed by atoms with E-state index in [-0.39, 0.29) is 23.4 Å². The molecule has 3 rings (SSSR count). The SMILES string of the molecule is Cc1cccc(N(CC(=O)N[C@@H](C)CCc2ccccc2)S(=O)(=O)c2ccc(Cl)cc2)c1. The van der Waals surface area contributed by atoms with Gasteiger partial charge < -0.3 is 5.32 Å². The molecule has 0 saturated heterocycles. The van der Waals surface area contributed by atoms with Crippen molar-refractivity contribution >= 4 is 33.2 Å². The van der Waals surface area contributed by atoms with Crippen LogP contribution in [0.4, 0.5) is 5.69 Å². The number of nitrogens with zero attached hydrogens (tertiary/aromatic N) is 1. The number of anilines is 1. The van der Waals surface area contributed by atoms with Crippen LogP contribution in [0.2, 0.25) is 5.02 Å². The summed E-state index contributed by atoms with van der Waals surface area (Å²) in [7, 11) is -3.96. The molecule has 0 unspecified atom stereocenters. The summed E-state index contributed by atoms with van der Waals surface area (Å²) in [6.45, 7) is 3.48. The van der Waals surface area contributed by atoms with E-state index < -0.39 is 10.0 Å². The van der Waals surface area contributed by atoms with Crippen molar-refractivity contribution in [1.29, 1.82) is 0 Å². The maximum absolute atomic E-state index is 13.4. The number of nitrogens with one attached hydrogen (secondary N) is 1. The van der Waals surface area contributed by atoms with Crippen LogP contribution in [-0.4, -0.2) is 26.9 Å². The summed E-state index contributed by atoms with van der Waals surface area (Å²) in [5.74, 6) is -0.357. The average Bonchev–Trinajstić information content (AvgIpc) is 2.77. The van der Waals surface area contributed by atoms with Crippen LogP contribution < -0.4 is 9.62 Å². The van der Waals surface area contributed by atoms with E-state index in [0.717, 1.165) is 22.7 Å². The van der Waals surface area contributed by atoms with Gasteiger partial charge in [0.2, 0.25) is 5.91 Å². The number of benzene rings is 3. The lowest BCUT2D eigenvalue weighted by Gasteiger charge is -2.25. The molecule has 0 aliphatic carbocycles. The number of sulfonamides is 1. The van der Waals surface area contributed by atoms with E-state index in [4.69, 9.17) is 11.6 Å². The molecule has 3 aromatic carbocycles. The number of rotatable bonds is 9. The minimum Gasteiger partial charge on any atom is -0.352 e. The molecule has 7 heteroatoms. The third-order valence-corrected chi connectivity index (χ3v) is 7.13. The molecule has 0 bridgehead atoms. The van der Waals surface area contributed by atoms with Gasteiger partial charge in [-0.15, -0.1) is 0 Å². The average molecular weight is 471 g/mol. The maximum Gasteiger partial charge on any atom is 0.264 e. The Morgan fingerprint density at radius 3 is 2.34 bits per heavy atom. The zero-order valence-electron chi connectivity index (χ0n) is 18.2. The Hall–Kier alpha value is -2.83. The maximum atomic E-state index is 13.4. The molecule has 32 heavy (non-hydrogen) atoms. The zero-order valence-corrected chi connectivity index (χ0v) is 19.7. The van der Waals surface area contributed by atoms with E-state index in [1.54, 1.807) is 18.2 Å². The first kappa shape index (κ1) is 23.8. The minimum atomic E-state index is -3.96. The van der Waals surface area contributed by atoms with E-state index >= 15 is 0 Å². The molecule has 0 heterocycles. The van der Waals surface area contributed by atoms with Gasteiger partial charge >= 0.3 is 0 Å². The highest BCUT2D eigenvalue weighted by molar-refractivity contribution is 7.92.